The molecule has 0 saturated heterocycles. The van der Waals surface area contributed by atoms with Crippen molar-refractivity contribution in [3.8, 4) is 0 Å². The lowest BCUT2D eigenvalue weighted by Crippen LogP contribution is -2.21. The van der Waals surface area contributed by atoms with E-state index in [1.807, 2.05) is 13.8 Å². The van der Waals surface area contributed by atoms with Crippen LogP contribution in [0.2, 0.25) is 0 Å². The number of aliphatic carboxylic acids is 1. The highest BCUT2D eigenvalue weighted by Crippen LogP contribution is 2.35. The first-order valence-corrected chi connectivity index (χ1v) is 16.0. The van der Waals surface area contributed by atoms with Gasteiger partial charge in [0.05, 0.1) is 34.0 Å². The number of sulfone groups is 1. The van der Waals surface area contributed by atoms with Crippen LogP contribution in [0.1, 0.15) is 46.7 Å². The van der Waals surface area contributed by atoms with Crippen molar-refractivity contribution < 1.29 is 27.9 Å². The summed E-state index contributed by atoms with van der Waals surface area (Å²) in [6, 6.07) is 12.1. The summed E-state index contributed by atoms with van der Waals surface area (Å²) < 4.78 is 31.0. The largest absolute Gasteiger partial charge is 0.479 e. The number of hydrogen-bond donors (Lipinski definition) is 5. The van der Waals surface area contributed by atoms with Crippen LogP contribution in [0.4, 0.5) is 16.2 Å². The highest BCUT2D eigenvalue weighted by molar-refractivity contribution is 7.92. The molecule has 3 aromatic carbocycles. The molecular weight excluding hydrogens is 598 g/mol. The number of carbonyl (C=O) groups excluding carboxylic acids is 1. The maximum atomic E-state index is 12.8. The lowest BCUT2D eigenvalue weighted by atomic mass is 9.94. The number of anilines is 2. The van der Waals surface area contributed by atoms with Gasteiger partial charge in [-0.05, 0) is 98.0 Å². The van der Waals surface area contributed by atoms with Crippen LogP contribution < -0.4 is 21.5 Å². The third-order valence-corrected chi connectivity index (χ3v) is 10.1. The summed E-state index contributed by atoms with van der Waals surface area (Å²) in [5.74, 6) is -1.09. The van der Waals surface area contributed by atoms with E-state index in [0.717, 1.165) is 16.7 Å². The minimum atomic E-state index is -3.39. The number of aryl methyl sites for hydroxylation is 2. The molecule has 236 valence electrons. The Kier molecular flexibility index (Phi) is 9.21. The Morgan fingerprint density at radius 1 is 1.07 bits per heavy atom. The standard InChI is InChI=1S/C32H35N5O7S/c1-18-12-20(29(31(39)40)36-23-4-8-27-26(15-23)30(38)35-17-34-27)13-19(2)25(18)10-11-44-32(41)37-22-5-9-28(21(14-22)16-33-3)45(42,43)24-6-7-24/h4-5,8-9,12-15,17,24,29,33,36H,6-7,10-11,16H2,1-3H3,(H,37,41)(H,39,40)(H,34,35,38). The Morgan fingerprint density at radius 3 is 2.44 bits per heavy atom. The molecule has 45 heavy (non-hydrogen) atoms. The van der Waals surface area contributed by atoms with Crippen LogP contribution in [-0.4, -0.2) is 54.5 Å². The zero-order chi connectivity index (χ0) is 32.3. The second kappa shape index (κ2) is 13.1. The van der Waals surface area contributed by atoms with Crippen LogP contribution in [0.5, 0.6) is 0 Å². The Bertz CT molecular complexity index is 1910. The Balaban J connectivity index is 1.23. The lowest BCUT2D eigenvalue weighted by Gasteiger charge is -2.20. The number of fused-ring (bicyclic) bond motifs is 1. The summed E-state index contributed by atoms with van der Waals surface area (Å²) in [4.78, 5) is 43.9. The van der Waals surface area contributed by atoms with Gasteiger partial charge >= 0.3 is 12.1 Å². The van der Waals surface area contributed by atoms with Crippen molar-refractivity contribution in [1.82, 2.24) is 15.3 Å². The number of ether oxygens (including phenoxy) is 1. The highest BCUT2D eigenvalue weighted by atomic mass is 32.2. The normalized spacial score (nSPS) is 13.8. The summed E-state index contributed by atoms with van der Waals surface area (Å²) in [5.41, 5.74) is 4.78. The smallest absolute Gasteiger partial charge is 0.411 e. The Labute approximate surface area is 260 Å². The molecule has 5 N–H and O–H groups in total. The number of benzene rings is 3. The molecule has 4 aromatic rings. The molecule has 0 aliphatic heterocycles. The maximum absolute atomic E-state index is 12.8. The van der Waals surface area contributed by atoms with E-state index < -0.39 is 27.9 Å². The van der Waals surface area contributed by atoms with Crippen molar-refractivity contribution in [2.75, 3.05) is 24.3 Å². The molecule has 1 amide bonds. The van der Waals surface area contributed by atoms with Crippen LogP contribution in [0, 0.1) is 13.8 Å². The van der Waals surface area contributed by atoms with Crippen molar-refractivity contribution in [2.45, 2.75) is 55.8 Å². The van der Waals surface area contributed by atoms with Gasteiger partial charge < -0.3 is 25.5 Å². The molecule has 1 saturated carbocycles. The maximum Gasteiger partial charge on any atom is 0.411 e. The zero-order valence-electron chi connectivity index (χ0n) is 25.1. The summed E-state index contributed by atoms with van der Waals surface area (Å²) in [5, 5.41) is 18.7. The average Bonchev–Trinajstić information content (AvgIpc) is 3.84. The molecule has 1 aliphatic carbocycles. The zero-order valence-corrected chi connectivity index (χ0v) is 26.0. The quantitative estimate of drug-likeness (QED) is 0.152. The summed E-state index contributed by atoms with van der Waals surface area (Å²) >= 11 is 0. The van der Waals surface area contributed by atoms with Crippen molar-refractivity contribution in [2.24, 2.45) is 0 Å². The molecule has 13 heteroatoms. The van der Waals surface area contributed by atoms with Gasteiger partial charge in [0, 0.05) is 24.3 Å². The molecule has 1 fully saturated rings. The first-order valence-electron chi connectivity index (χ1n) is 14.5. The van der Waals surface area contributed by atoms with Gasteiger partial charge in [0.1, 0.15) is 0 Å². The number of carbonyl (C=O) groups is 2. The highest BCUT2D eigenvalue weighted by Gasteiger charge is 2.38. The van der Waals surface area contributed by atoms with E-state index in [1.54, 1.807) is 49.5 Å². The van der Waals surface area contributed by atoms with Crippen molar-refractivity contribution in [1.29, 1.82) is 0 Å². The molecular formula is C32H35N5O7S. The second-order valence-corrected chi connectivity index (χ2v) is 13.3. The van der Waals surface area contributed by atoms with Gasteiger partial charge in [-0.3, -0.25) is 10.1 Å². The van der Waals surface area contributed by atoms with E-state index in [0.29, 0.717) is 59.2 Å². The number of aromatic amines is 1. The first kappa shape index (κ1) is 31.7. The first-order chi connectivity index (χ1) is 21.5. The molecule has 1 heterocycles. The minimum Gasteiger partial charge on any atom is -0.479 e. The molecule has 0 bridgehead atoms. The topological polar surface area (TPSA) is 180 Å². The molecule has 5 rings (SSSR count). The van der Waals surface area contributed by atoms with Gasteiger partial charge in [0.2, 0.25) is 0 Å². The van der Waals surface area contributed by atoms with Crippen molar-refractivity contribution >= 4 is 44.2 Å². The number of carboxylic acids is 1. The van der Waals surface area contributed by atoms with Crippen molar-refractivity contribution in [3.05, 3.63) is 93.0 Å². The van der Waals surface area contributed by atoms with Crippen LogP contribution in [-0.2, 0) is 32.3 Å². The van der Waals surface area contributed by atoms with Gasteiger partial charge in [0.25, 0.3) is 5.56 Å². The summed E-state index contributed by atoms with van der Waals surface area (Å²) in [7, 11) is -1.67. The van der Waals surface area contributed by atoms with Crippen LogP contribution in [0.3, 0.4) is 0 Å². The van der Waals surface area contributed by atoms with E-state index in [9.17, 15) is 27.9 Å². The van der Waals surface area contributed by atoms with Crippen LogP contribution >= 0.6 is 0 Å². The molecule has 0 radical (unpaired) electrons. The molecule has 0 spiro atoms. The number of nitrogens with zero attached hydrogens (tertiary/aromatic N) is 1. The predicted octanol–water partition coefficient (Wildman–Crippen LogP) is 4.22. The third-order valence-electron chi connectivity index (χ3n) is 7.78. The Hall–Kier alpha value is -4.75. The molecule has 1 aromatic heterocycles. The van der Waals surface area contributed by atoms with Gasteiger partial charge in [0.15, 0.2) is 15.9 Å². The van der Waals surface area contributed by atoms with Gasteiger partial charge in [-0.15, -0.1) is 0 Å². The second-order valence-electron chi connectivity index (χ2n) is 11.1. The number of carboxylic acid groups (broad SMARTS) is 1. The van der Waals surface area contributed by atoms with Crippen molar-refractivity contribution in [3.63, 3.8) is 0 Å². The van der Waals surface area contributed by atoms with E-state index in [2.05, 4.69) is 25.9 Å². The van der Waals surface area contributed by atoms with Crippen LogP contribution in [0.15, 0.2) is 64.5 Å². The molecule has 1 atom stereocenters. The molecule has 1 aliphatic rings. The third kappa shape index (κ3) is 7.15. The van der Waals surface area contributed by atoms with Gasteiger partial charge in [-0.25, -0.2) is 23.0 Å². The molecule has 12 nitrogen and oxygen atoms in total. The summed E-state index contributed by atoms with van der Waals surface area (Å²) in [6.45, 7) is 4.14. The Morgan fingerprint density at radius 2 is 1.78 bits per heavy atom. The molecule has 1 unspecified atom stereocenters. The summed E-state index contributed by atoms with van der Waals surface area (Å²) in [6.07, 6.45) is 2.38. The number of amides is 1. The number of aromatic nitrogens is 2. The van der Waals surface area contributed by atoms with E-state index >= 15 is 0 Å². The van der Waals surface area contributed by atoms with Crippen LogP contribution in [0.25, 0.3) is 10.9 Å². The number of nitrogens with one attached hydrogen (secondary N) is 4. The van der Waals surface area contributed by atoms with E-state index in [1.165, 1.54) is 12.4 Å². The fourth-order valence-electron chi connectivity index (χ4n) is 5.42. The fraction of sp³-hybridized carbons (Fsp3) is 0.312. The van der Waals surface area contributed by atoms with E-state index in [-0.39, 0.29) is 22.3 Å². The van der Waals surface area contributed by atoms with Gasteiger partial charge in [-0.2, -0.15) is 0 Å². The SMILES string of the molecule is CNCc1cc(NC(=O)OCCc2c(C)cc(C(Nc3ccc4nc[nH]c(=O)c4c3)C(=O)O)cc2C)ccc1S(=O)(=O)C1CC1. The minimum absolute atomic E-state index is 0.0741. The average molecular weight is 634 g/mol. The number of rotatable bonds is 12. The lowest BCUT2D eigenvalue weighted by molar-refractivity contribution is -0.138. The number of hydrogen-bond acceptors (Lipinski definition) is 9. The monoisotopic (exact) mass is 633 g/mol. The predicted molar refractivity (Wildman–Crippen MR) is 170 cm³/mol. The number of H-pyrrole nitrogens is 1. The fourth-order valence-corrected chi connectivity index (χ4v) is 7.29. The van der Waals surface area contributed by atoms with E-state index in [4.69, 9.17) is 4.74 Å². The van der Waals surface area contributed by atoms with Gasteiger partial charge in [-0.1, -0.05) is 12.1 Å².